The van der Waals surface area contributed by atoms with E-state index < -0.39 is 11.9 Å². The number of rotatable bonds is 4. The Kier molecular flexibility index (Phi) is 4.73. The van der Waals surface area contributed by atoms with Gasteiger partial charge in [-0.25, -0.2) is 0 Å². The summed E-state index contributed by atoms with van der Waals surface area (Å²) in [6.07, 6.45) is 3.35. The minimum absolute atomic E-state index is 0.124. The van der Waals surface area contributed by atoms with E-state index in [9.17, 15) is 9.59 Å². The number of carboxylic acids is 1. The summed E-state index contributed by atoms with van der Waals surface area (Å²) in [5.41, 5.74) is 0. The number of aliphatic carboxylic acids is 1. The van der Waals surface area contributed by atoms with Crippen molar-refractivity contribution in [2.24, 2.45) is 5.92 Å². The number of carboxylic acid groups (broad SMARTS) is 1. The molecule has 92 valence electrons. The van der Waals surface area contributed by atoms with Crippen molar-refractivity contribution in [3.8, 4) is 0 Å². The first-order valence-electron chi connectivity index (χ1n) is 5.76. The van der Waals surface area contributed by atoms with Crippen molar-refractivity contribution in [3.63, 3.8) is 0 Å². The van der Waals surface area contributed by atoms with Crippen molar-refractivity contribution in [1.82, 2.24) is 10.6 Å². The third kappa shape index (κ3) is 3.20. The largest absolute Gasteiger partial charge is 0.481 e. The van der Waals surface area contributed by atoms with E-state index in [1.807, 2.05) is 0 Å². The van der Waals surface area contributed by atoms with Gasteiger partial charge in [-0.2, -0.15) is 0 Å². The van der Waals surface area contributed by atoms with Crippen LogP contribution in [0, 0.1) is 5.92 Å². The molecule has 5 nitrogen and oxygen atoms in total. The molecule has 3 unspecified atom stereocenters. The van der Waals surface area contributed by atoms with Crippen molar-refractivity contribution in [3.05, 3.63) is 0 Å². The SMILES string of the molecule is CNC(C)C(=O)NC1CCCCC1C(=O)O. The van der Waals surface area contributed by atoms with Gasteiger partial charge in [-0.3, -0.25) is 9.59 Å². The standard InChI is InChI=1S/C11H20N2O3/c1-7(12-2)10(14)13-9-6-4-3-5-8(9)11(15)16/h7-9,12H,3-6H2,1-2H3,(H,13,14)(H,15,16). The van der Waals surface area contributed by atoms with E-state index in [1.165, 1.54) is 0 Å². The predicted molar refractivity (Wildman–Crippen MR) is 60.0 cm³/mol. The summed E-state index contributed by atoms with van der Waals surface area (Å²) in [5.74, 6) is -1.36. The highest BCUT2D eigenvalue weighted by molar-refractivity contribution is 5.82. The Balaban J connectivity index is 2.56. The van der Waals surface area contributed by atoms with Crippen LogP contribution in [0.2, 0.25) is 0 Å². The van der Waals surface area contributed by atoms with E-state index in [1.54, 1.807) is 14.0 Å². The molecule has 1 aliphatic carbocycles. The molecular weight excluding hydrogens is 208 g/mol. The minimum Gasteiger partial charge on any atom is -0.481 e. The van der Waals surface area contributed by atoms with Gasteiger partial charge in [0.15, 0.2) is 0 Å². The summed E-state index contributed by atoms with van der Waals surface area (Å²) >= 11 is 0. The summed E-state index contributed by atoms with van der Waals surface area (Å²) < 4.78 is 0. The van der Waals surface area contributed by atoms with Crippen molar-refractivity contribution < 1.29 is 14.7 Å². The van der Waals surface area contributed by atoms with Crippen LogP contribution in [0.25, 0.3) is 0 Å². The topological polar surface area (TPSA) is 78.4 Å². The Morgan fingerprint density at radius 2 is 1.94 bits per heavy atom. The second kappa shape index (κ2) is 5.84. The van der Waals surface area contributed by atoms with E-state index in [-0.39, 0.29) is 18.0 Å². The van der Waals surface area contributed by atoms with E-state index in [0.717, 1.165) is 19.3 Å². The molecule has 16 heavy (non-hydrogen) atoms. The van der Waals surface area contributed by atoms with Crippen LogP contribution in [0.15, 0.2) is 0 Å². The number of hydrogen-bond donors (Lipinski definition) is 3. The van der Waals surface area contributed by atoms with Gasteiger partial charge in [0, 0.05) is 6.04 Å². The highest BCUT2D eigenvalue weighted by Crippen LogP contribution is 2.24. The average molecular weight is 228 g/mol. The van der Waals surface area contributed by atoms with Gasteiger partial charge < -0.3 is 15.7 Å². The third-order valence-corrected chi connectivity index (χ3v) is 3.24. The van der Waals surface area contributed by atoms with Gasteiger partial charge in [-0.05, 0) is 26.8 Å². The van der Waals surface area contributed by atoms with Gasteiger partial charge in [0.2, 0.25) is 5.91 Å². The zero-order valence-corrected chi connectivity index (χ0v) is 9.82. The van der Waals surface area contributed by atoms with E-state index in [2.05, 4.69) is 10.6 Å². The Labute approximate surface area is 95.6 Å². The Bertz CT molecular complexity index is 268. The molecule has 1 fully saturated rings. The average Bonchev–Trinajstić information content (AvgIpc) is 2.28. The van der Waals surface area contributed by atoms with Crippen LogP contribution in [0.3, 0.4) is 0 Å². The fourth-order valence-electron chi connectivity index (χ4n) is 2.04. The van der Waals surface area contributed by atoms with Crippen molar-refractivity contribution in [1.29, 1.82) is 0 Å². The smallest absolute Gasteiger partial charge is 0.308 e. The zero-order valence-electron chi connectivity index (χ0n) is 9.82. The molecule has 0 aromatic rings. The first-order chi connectivity index (χ1) is 7.56. The molecule has 0 radical (unpaired) electrons. The van der Waals surface area contributed by atoms with E-state index in [4.69, 9.17) is 5.11 Å². The number of carbonyl (C=O) groups is 2. The highest BCUT2D eigenvalue weighted by atomic mass is 16.4. The van der Waals surface area contributed by atoms with Crippen molar-refractivity contribution in [2.75, 3.05) is 7.05 Å². The molecule has 3 atom stereocenters. The van der Waals surface area contributed by atoms with Crippen molar-refractivity contribution in [2.45, 2.75) is 44.7 Å². The Hall–Kier alpha value is -1.10. The lowest BCUT2D eigenvalue weighted by Crippen LogP contribution is -2.50. The summed E-state index contributed by atoms with van der Waals surface area (Å²) in [6.45, 7) is 1.76. The first-order valence-corrected chi connectivity index (χ1v) is 5.76. The maximum absolute atomic E-state index is 11.6. The monoisotopic (exact) mass is 228 g/mol. The number of carbonyl (C=O) groups excluding carboxylic acids is 1. The fourth-order valence-corrected chi connectivity index (χ4v) is 2.04. The number of amides is 1. The fraction of sp³-hybridized carbons (Fsp3) is 0.818. The number of nitrogens with one attached hydrogen (secondary N) is 2. The Morgan fingerprint density at radius 1 is 1.31 bits per heavy atom. The molecule has 1 aliphatic rings. The van der Waals surface area contributed by atoms with Gasteiger partial charge in [-0.15, -0.1) is 0 Å². The van der Waals surface area contributed by atoms with Crippen LogP contribution in [-0.4, -0.2) is 36.1 Å². The molecule has 0 spiro atoms. The second-order valence-electron chi connectivity index (χ2n) is 4.35. The van der Waals surface area contributed by atoms with Gasteiger partial charge in [0.1, 0.15) is 0 Å². The maximum Gasteiger partial charge on any atom is 0.308 e. The first kappa shape index (κ1) is 13.0. The molecule has 0 aliphatic heterocycles. The van der Waals surface area contributed by atoms with Crippen LogP contribution in [0.1, 0.15) is 32.6 Å². The van der Waals surface area contributed by atoms with Gasteiger partial charge in [0.05, 0.1) is 12.0 Å². The minimum atomic E-state index is -0.804. The molecule has 0 bridgehead atoms. The lowest BCUT2D eigenvalue weighted by Gasteiger charge is -2.30. The predicted octanol–water partition coefficient (Wildman–Crippen LogP) is 0.354. The highest BCUT2D eigenvalue weighted by Gasteiger charge is 2.32. The molecule has 1 amide bonds. The molecule has 0 heterocycles. The second-order valence-corrected chi connectivity index (χ2v) is 4.35. The van der Waals surface area contributed by atoms with Crippen LogP contribution in [-0.2, 0) is 9.59 Å². The molecule has 3 N–H and O–H groups in total. The Morgan fingerprint density at radius 3 is 2.50 bits per heavy atom. The molecule has 0 saturated heterocycles. The maximum atomic E-state index is 11.6. The van der Waals surface area contributed by atoms with Crippen LogP contribution >= 0.6 is 0 Å². The molecule has 1 rings (SSSR count). The lowest BCUT2D eigenvalue weighted by molar-refractivity contribution is -0.144. The van der Waals surface area contributed by atoms with Crippen LogP contribution in [0.5, 0.6) is 0 Å². The van der Waals surface area contributed by atoms with E-state index in [0.29, 0.717) is 6.42 Å². The van der Waals surface area contributed by atoms with E-state index >= 15 is 0 Å². The lowest BCUT2D eigenvalue weighted by atomic mass is 9.84. The molecule has 0 aromatic heterocycles. The summed E-state index contributed by atoms with van der Waals surface area (Å²) in [4.78, 5) is 22.7. The quantitative estimate of drug-likeness (QED) is 0.649. The van der Waals surface area contributed by atoms with Gasteiger partial charge in [-0.1, -0.05) is 12.8 Å². The van der Waals surface area contributed by atoms with Gasteiger partial charge >= 0.3 is 5.97 Å². The third-order valence-electron chi connectivity index (χ3n) is 3.24. The molecule has 5 heteroatoms. The van der Waals surface area contributed by atoms with Crippen LogP contribution < -0.4 is 10.6 Å². The number of likely N-dealkylation sites (N-methyl/N-ethyl adjacent to an activating group) is 1. The summed E-state index contributed by atoms with van der Waals surface area (Å²) in [7, 11) is 1.71. The molecule has 1 saturated carbocycles. The van der Waals surface area contributed by atoms with Gasteiger partial charge in [0.25, 0.3) is 0 Å². The number of hydrogen-bond acceptors (Lipinski definition) is 3. The zero-order chi connectivity index (χ0) is 12.1. The molecular formula is C11H20N2O3. The van der Waals surface area contributed by atoms with Crippen LogP contribution in [0.4, 0.5) is 0 Å². The summed E-state index contributed by atoms with van der Waals surface area (Å²) in [6, 6.07) is -0.495. The van der Waals surface area contributed by atoms with Crippen molar-refractivity contribution >= 4 is 11.9 Å². The normalized spacial score (nSPS) is 27.1. The summed E-state index contributed by atoms with van der Waals surface area (Å²) in [5, 5.41) is 14.7. The molecule has 0 aromatic carbocycles.